The van der Waals surface area contributed by atoms with Crippen molar-refractivity contribution in [2.24, 2.45) is 0 Å². The molecular weight excluding hydrogens is 436 g/mol. The zero-order valence-corrected chi connectivity index (χ0v) is 18.5. The van der Waals surface area contributed by atoms with Crippen molar-refractivity contribution in [3.8, 4) is 16.9 Å². The molecule has 0 saturated heterocycles. The van der Waals surface area contributed by atoms with Crippen molar-refractivity contribution in [2.45, 2.75) is 19.8 Å². The number of hydrogen-bond donors (Lipinski definition) is 3. The first-order chi connectivity index (χ1) is 13.0. The van der Waals surface area contributed by atoms with E-state index < -0.39 is 0 Å². The largest absolute Gasteiger partial charge is 0.507 e. The Morgan fingerprint density at radius 3 is 2.61 bits per heavy atom. The number of phenols is 1. The second kappa shape index (κ2) is 8.07. The van der Waals surface area contributed by atoms with Gasteiger partial charge in [-0.1, -0.05) is 31.2 Å². The average molecular weight is 459 g/mol. The highest BCUT2D eigenvalue weighted by Gasteiger charge is 2.17. The fraction of sp³-hybridized carbons (Fsp3) is 0.227. The minimum atomic E-state index is -0.0801. The molecule has 4 nitrogen and oxygen atoms in total. The van der Waals surface area contributed by atoms with E-state index in [-0.39, 0.29) is 28.3 Å². The van der Waals surface area contributed by atoms with Gasteiger partial charge in [-0.3, -0.25) is 4.79 Å². The van der Waals surface area contributed by atoms with Crippen molar-refractivity contribution in [2.75, 3.05) is 13.6 Å². The van der Waals surface area contributed by atoms with Gasteiger partial charge in [0, 0.05) is 22.9 Å². The lowest BCUT2D eigenvalue weighted by Crippen LogP contribution is -2.14. The lowest BCUT2D eigenvalue weighted by atomic mass is 9.93. The molecule has 0 aliphatic carbocycles. The third-order valence-electron chi connectivity index (χ3n) is 5.16. The summed E-state index contributed by atoms with van der Waals surface area (Å²) >= 11 is 1.42. The van der Waals surface area contributed by atoms with Gasteiger partial charge < -0.3 is 15.4 Å². The summed E-state index contributed by atoms with van der Waals surface area (Å²) in [6.45, 7) is 5.00. The lowest BCUT2D eigenvalue weighted by molar-refractivity contribution is 0.477. The molecule has 3 N–H and O–H groups in total. The van der Waals surface area contributed by atoms with Crippen LogP contribution in [0.2, 0.25) is 0 Å². The molecule has 2 heterocycles. The van der Waals surface area contributed by atoms with E-state index in [1.807, 2.05) is 25.4 Å². The molecule has 6 heteroatoms. The second-order valence-corrected chi connectivity index (χ2v) is 7.95. The van der Waals surface area contributed by atoms with Crippen LogP contribution in [0.3, 0.4) is 0 Å². The Morgan fingerprint density at radius 2 is 1.93 bits per heavy atom. The number of nitrogens with one attached hydrogen (secondary N) is 2. The quantitative estimate of drug-likeness (QED) is 0.387. The van der Waals surface area contributed by atoms with Crippen molar-refractivity contribution in [3.05, 3.63) is 63.3 Å². The van der Waals surface area contributed by atoms with Crippen LogP contribution >= 0.6 is 28.3 Å². The smallest absolute Gasteiger partial charge is 0.266 e. The highest BCUT2D eigenvalue weighted by Crippen LogP contribution is 2.41. The fourth-order valence-electron chi connectivity index (χ4n) is 3.78. The number of thiophene rings is 1. The lowest BCUT2D eigenvalue weighted by Gasteiger charge is -2.15. The average Bonchev–Trinajstić information content (AvgIpc) is 3.14. The Hall–Kier alpha value is -2.15. The molecule has 0 spiro atoms. The summed E-state index contributed by atoms with van der Waals surface area (Å²) in [4.78, 5) is 15.4. The summed E-state index contributed by atoms with van der Waals surface area (Å²) < 4.78 is 0.688. The number of rotatable bonds is 4. The predicted molar refractivity (Wildman–Crippen MR) is 124 cm³/mol. The number of hydrogen-bond acceptors (Lipinski definition) is 4. The van der Waals surface area contributed by atoms with Gasteiger partial charge in [0.2, 0.25) is 0 Å². The van der Waals surface area contributed by atoms with E-state index in [4.69, 9.17) is 0 Å². The molecule has 0 unspecified atom stereocenters. The molecule has 0 bridgehead atoms. The number of aromatic nitrogens is 1. The number of aryl methyl sites for hydroxylation is 1. The molecule has 146 valence electrons. The molecule has 1 atom stereocenters. The number of phenolic OH excluding ortho intramolecular Hbond substituents is 1. The van der Waals surface area contributed by atoms with Crippen LogP contribution in [0, 0.1) is 6.92 Å². The number of halogens is 1. The van der Waals surface area contributed by atoms with Crippen molar-refractivity contribution >= 4 is 49.3 Å². The minimum absolute atomic E-state index is 0. The SMILES string of the molecule is Br.CNC[C@H](C)c1ccc(-c2c(O)cc(C)c3[nH]c(=O)c4sccc4c23)cc1. The number of benzene rings is 2. The molecule has 0 aliphatic rings. The summed E-state index contributed by atoms with van der Waals surface area (Å²) in [7, 11) is 1.95. The Balaban J connectivity index is 0.00000225. The summed E-state index contributed by atoms with van der Waals surface area (Å²) in [5, 5.41) is 17.7. The van der Waals surface area contributed by atoms with Crippen LogP contribution < -0.4 is 10.9 Å². The highest BCUT2D eigenvalue weighted by atomic mass is 79.9. The summed E-state index contributed by atoms with van der Waals surface area (Å²) in [6.07, 6.45) is 0. The Kier molecular flexibility index (Phi) is 5.93. The van der Waals surface area contributed by atoms with Gasteiger partial charge in [-0.15, -0.1) is 28.3 Å². The van der Waals surface area contributed by atoms with Gasteiger partial charge in [0.05, 0.1) is 5.52 Å². The molecule has 0 amide bonds. The van der Waals surface area contributed by atoms with Gasteiger partial charge in [-0.2, -0.15) is 0 Å². The molecule has 0 aliphatic heterocycles. The molecule has 0 fully saturated rings. The van der Waals surface area contributed by atoms with Crippen molar-refractivity contribution in [3.63, 3.8) is 0 Å². The molecular formula is C22H23BrN2O2S. The third-order valence-corrected chi connectivity index (χ3v) is 6.07. The number of aromatic hydroxyl groups is 1. The first kappa shape index (κ1) is 20.6. The molecule has 2 aromatic heterocycles. The van der Waals surface area contributed by atoms with Crippen molar-refractivity contribution in [1.29, 1.82) is 0 Å². The number of aromatic amines is 1. The number of likely N-dealkylation sites (N-methyl/N-ethyl adjacent to an activating group) is 1. The second-order valence-electron chi connectivity index (χ2n) is 7.04. The molecule has 0 radical (unpaired) electrons. The van der Waals surface area contributed by atoms with Gasteiger partial charge in [0.15, 0.2) is 0 Å². The van der Waals surface area contributed by atoms with Crippen LogP contribution in [0.25, 0.3) is 32.1 Å². The molecule has 28 heavy (non-hydrogen) atoms. The molecule has 2 aromatic carbocycles. The minimum Gasteiger partial charge on any atom is -0.507 e. The van der Waals surface area contributed by atoms with E-state index in [0.717, 1.165) is 39.5 Å². The maximum absolute atomic E-state index is 12.4. The van der Waals surface area contributed by atoms with Crippen LogP contribution in [-0.2, 0) is 0 Å². The Labute approximate surface area is 178 Å². The predicted octanol–water partition coefficient (Wildman–Crippen LogP) is 5.32. The van der Waals surface area contributed by atoms with Crippen LogP contribution in [0.4, 0.5) is 0 Å². The fourth-order valence-corrected chi connectivity index (χ4v) is 4.57. The van der Waals surface area contributed by atoms with E-state index in [0.29, 0.717) is 10.6 Å². The first-order valence-electron chi connectivity index (χ1n) is 9.02. The van der Waals surface area contributed by atoms with E-state index in [1.165, 1.54) is 16.9 Å². The van der Waals surface area contributed by atoms with Crippen molar-refractivity contribution in [1.82, 2.24) is 10.3 Å². The van der Waals surface area contributed by atoms with Gasteiger partial charge >= 0.3 is 0 Å². The van der Waals surface area contributed by atoms with E-state index in [1.54, 1.807) is 6.07 Å². The van der Waals surface area contributed by atoms with Crippen LogP contribution in [0.1, 0.15) is 24.0 Å². The van der Waals surface area contributed by atoms with Crippen LogP contribution in [-0.4, -0.2) is 23.7 Å². The van der Waals surface area contributed by atoms with Gasteiger partial charge in [-0.05, 0) is 54.1 Å². The summed E-state index contributed by atoms with van der Waals surface area (Å²) in [5.41, 5.74) is 4.52. The van der Waals surface area contributed by atoms with Crippen molar-refractivity contribution < 1.29 is 5.11 Å². The van der Waals surface area contributed by atoms with E-state index in [2.05, 4.69) is 41.5 Å². The number of pyridine rings is 1. The van der Waals surface area contributed by atoms with Crippen LogP contribution in [0.15, 0.2) is 46.6 Å². The Bertz CT molecular complexity index is 1200. The number of fused-ring (bicyclic) bond motifs is 3. The van der Waals surface area contributed by atoms with E-state index in [9.17, 15) is 9.90 Å². The molecule has 0 saturated carbocycles. The van der Waals surface area contributed by atoms with Crippen LogP contribution in [0.5, 0.6) is 5.75 Å². The highest BCUT2D eigenvalue weighted by molar-refractivity contribution is 8.93. The summed E-state index contributed by atoms with van der Waals surface area (Å²) in [6, 6.07) is 12.0. The zero-order valence-electron chi connectivity index (χ0n) is 16.0. The first-order valence-corrected chi connectivity index (χ1v) is 9.90. The topological polar surface area (TPSA) is 65.1 Å². The Morgan fingerprint density at radius 1 is 1.21 bits per heavy atom. The zero-order chi connectivity index (χ0) is 19.1. The van der Waals surface area contributed by atoms with Gasteiger partial charge in [0.1, 0.15) is 10.4 Å². The molecule has 4 rings (SSSR count). The normalized spacial score (nSPS) is 12.2. The maximum atomic E-state index is 12.4. The standard InChI is InChI=1S/C22H22N2O2S.BrH/c1-12-10-17(25)18(15-6-4-14(5-7-15)13(2)11-23-3)19-16-8-9-27-21(16)22(26)24-20(12)19;/h4-10,13,23,25H,11H2,1-3H3,(H,24,26);1H/t13-;/m0./s1. The monoisotopic (exact) mass is 458 g/mol. The van der Waals surface area contributed by atoms with E-state index >= 15 is 0 Å². The van der Waals surface area contributed by atoms with Gasteiger partial charge in [0.25, 0.3) is 5.56 Å². The number of H-pyrrole nitrogens is 1. The summed E-state index contributed by atoms with van der Waals surface area (Å²) in [5.74, 6) is 0.642. The third kappa shape index (κ3) is 3.36. The molecule has 4 aromatic rings. The van der Waals surface area contributed by atoms with Gasteiger partial charge in [-0.25, -0.2) is 0 Å². The maximum Gasteiger partial charge on any atom is 0.266 e.